The SMILES string of the molecule is CC[C@@H]1CC/C=C\[C@H]2C[C@@]2(C(=O)NS(=O)(=O)C2(C)CC2)NC(=O)[C@@H]2C[C@@H](Oc3cc(-n4ccc(C(C)C)n4)nc4cc(OC)ccc34)CN2C(=O)[C@@H](NC(=O)OC(C)(C)C(F)(F)F)[C@H](C)C1. The van der Waals surface area contributed by atoms with Gasteiger partial charge in [-0.05, 0) is 95.2 Å². The number of carbonyl (C=O) groups is 4. The Kier molecular flexibility index (Phi) is 13.2. The van der Waals surface area contributed by atoms with Crippen LogP contribution in [0.5, 0.6) is 11.5 Å². The molecule has 0 radical (unpaired) electrons. The minimum absolute atomic E-state index is 0.00406. The summed E-state index contributed by atoms with van der Waals surface area (Å²) >= 11 is 0. The van der Waals surface area contributed by atoms with Crippen LogP contribution in [0.25, 0.3) is 16.7 Å². The predicted octanol–water partition coefficient (Wildman–Crippen LogP) is 6.61. The van der Waals surface area contributed by atoms with Gasteiger partial charge in [0.2, 0.25) is 27.4 Å². The van der Waals surface area contributed by atoms with Crippen LogP contribution in [-0.2, 0) is 29.1 Å². The van der Waals surface area contributed by atoms with Crippen LogP contribution in [0.15, 0.2) is 48.7 Å². The van der Waals surface area contributed by atoms with Gasteiger partial charge < -0.3 is 29.7 Å². The van der Waals surface area contributed by atoms with Crippen LogP contribution in [-0.4, -0.2) is 106 Å². The Morgan fingerprint density at radius 2 is 1.82 bits per heavy atom. The molecule has 0 unspecified atom stereocenters. The highest BCUT2D eigenvalue weighted by Gasteiger charge is 2.63. The number of hydrogen-bond acceptors (Lipinski definition) is 11. The number of benzene rings is 1. The third-order valence-corrected chi connectivity index (χ3v) is 15.8. The van der Waals surface area contributed by atoms with E-state index in [0.717, 1.165) is 5.69 Å². The summed E-state index contributed by atoms with van der Waals surface area (Å²) < 4.78 is 88.2. The molecule has 4 amide bonds. The number of ether oxygens (including phenoxy) is 3. The van der Waals surface area contributed by atoms with Crippen LogP contribution in [0.3, 0.4) is 0 Å². The number of methoxy groups -OCH3 is 1. The summed E-state index contributed by atoms with van der Waals surface area (Å²) in [6.07, 6.45) is 1.06. The minimum Gasteiger partial charge on any atom is -0.497 e. The summed E-state index contributed by atoms with van der Waals surface area (Å²) in [5.41, 5.74) is -3.26. The number of amides is 4. The number of carbonyl (C=O) groups excluding carboxylic acids is 4. The summed E-state index contributed by atoms with van der Waals surface area (Å²) in [5, 5.41) is 10.5. The maximum Gasteiger partial charge on any atom is 0.427 e. The van der Waals surface area contributed by atoms with Gasteiger partial charge in [-0.15, -0.1) is 0 Å². The van der Waals surface area contributed by atoms with E-state index in [2.05, 4.69) is 15.4 Å². The third-order valence-electron chi connectivity index (χ3n) is 13.7. The van der Waals surface area contributed by atoms with Crippen molar-refractivity contribution in [1.29, 1.82) is 0 Å². The van der Waals surface area contributed by atoms with Gasteiger partial charge in [0.05, 0.1) is 29.6 Å². The van der Waals surface area contributed by atoms with E-state index in [1.807, 2.05) is 32.9 Å². The average Bonchev–Trinajstić information content (AvgIpc) is 4.02. The number of halogens is 3. The molecule has 0 bridgehead atoms. The van der Waals surface area contributed by atoms with Crippen molar-refractivity contribution in [3.05, 3.63) is 54.4 Å². The van der Waals surface area contributed by atoms with E-state index in [1.54, 1.807) is 55.1 Å². The summed E-state index contributed by atoms with van der Waals surface area (Å²) in [7, 11) is -2.59. The normalized spacial score (nSPS) is 27.4. The fourth-order valence-electron chi connectivity index (χ4n) is 8.71. The van der Waals surface area contributed by atoms with E-state index >= 15 is 4.79 Å². The fourth-order valence-corrected chi connectivity index (χ4v) is 10.0. The molecule has 0 spiro atoms. The average molecular weight is 944 g/mol. The van der Waals surface area contributed by atoms with E-state index < -0.39 is 85.9 Å². The number of nitrogens with zero attached hydrogens (tertiary/aromatic N) is 4. The number of alkyl halides is 3. The van der Waals surface area contributed by atoms with Crippen LogP contribution >= 0.6 is 0 Å². The van der Waals surface area contributed by atoms with E-state index in [1.165, 1.54) is 12.0 Å². The molecule has 7 atom stereocenters. The number of hydrogen-bond donors (Lipinski definition) is 3. The molecule has 7 rings (SSSR count). The number of alkyl carbamates (subject to hydrolysis) is 1. The zero-order valence-corrected chi connectivity index (χ0v) is 39.3. The maximum atomic E-state index is 15.1. The molecule has 2 aromatic heterocycles. The van der Waals surface area contributed by atoms with Gasteiger partial charge in [0, 0.05) is 36.1 Å². The number of fused-ring (bicyclic) bond motifs is 3. The predicted molar refractivity (Wildman–Crippen MR) is 237 cm³/mol. The van der Waals surface area contributed by atoms with Crippen molar-refractivity contribution in [3.8, 4) is 17.3 Å². The van der Waals surface area contributed by atoms with Gasteiger partial charge in [-0.3, -0.25) is 19.1 Å². The topological polar surface area (TPSA) is 200 Å². The van der Waals surface area contributed by atoms with Crippen molar-refractivity contribution < 1.29 is 55.0 Å². The molecule has 3 fully saturated rings. The number of nitrogens with one attached hydrogen (secondary N) is 3. The van der Waals surface area contributed by atoms with E-state index in [9.17, 15) is 36.0 Å². The first-order valence-electron chi connectivity index (χ1n) is 22.5. The smallest absolute Gasteiger partial charge is 0.427 e. The largest absolute Gasteiger partial charge is 0.497 e. The second kappa shape index (κ2) is 18.0. The number of sulfonamides is 1. The molecule has 3 N–H and O–H groups in total. The fraction of sp³-hybridized carbons (Fsp3) is 0.609. The monoisotopic (exact) mass is 943 g/mol. The van der Waals surface area contributed by atoms with Gasteiger partial charge in [0.1, 0.15) is 35.2 Å². The minimum atomic E-state index is -4.93. The molecular weight excluding hydrogens is 884 g/mol. The molecule has 20 heteroatoms. The van der Waals surface area contributed by atoms with Gasteiger partial charge in [0.25, 0.3) is 5.91 Å². The van der Waals surface area contributed by atoms with Crippen molar-refractivity contribution in [2.75, 3.05) is 13.7 Å². The van der Waals surface area contributed by atoms with Crippen LogP contribution in [0.2, 0.25) is 0 Å². The van der Waals surface area contributed by atoms with Gasteiger partial charge in [-0.2, -0.15) is 18.3 Å². The molecule has 360 valence electrons. The molecule has 3 aromatic rings. The van der Waals surface area contributed by atoms with Gasteiger partial charge in [-0.25, -0.2) is 22.9 Å². The highest BCUT2D eigenvalue weighted by atomic mass is 32.2. The van der Waals surface area contributed by atoms with E-state index in [0.29, 0.717) is 80.6 Å². The molecule has 66 heavy (non-hydrogen) atoms. The van der Waals surface area contributed by atoms with Crippen molar-refractivity contribution in [1.82, 2.24) is 35.0 Å². The molecule has 16 nitrogen and oxygen atoms in total. The van der Waals surface area contributed by atoms with Crippen molar-refractivity contribution in [3.63, 3.8) is 0 Å². The lowest BCUT2D eigenvalue weighted by Crippen LogP contribution is -2.59. The van der Waals surface area contributed by atoms with Crippen molar-refractivity contribution in [2.45, 2.75) is 146 Å². The molecule has 4 aliphatic rings. The quantitative estimate of drug-likeness (QED) is 0.175. The molecule has 2 aliphatic carbocycles. The number of rotatable bonds is 11. The Bertz CT molecular complexity index is 2510. The zero-order valence-electron chi connectivity index (χ0n) is 38.5. The molecule has 2 saturated carbocycles. The Labute approximate surface area is 382 Å². The van der Waals surface area contributed by atoms with Crippen LogP contribution in [0, 0.1) is 17.8 Å². The van der Waals surface area contributed by atoms with Crippen molar-refractivity contribution in [2.24, 2.45) is 17.8 Å². The van der Waals surface area contributed by atoms with Crippen LogP contribution in [0.1, 0.15) is 111 Å². The highest BCUT2D eigenvalue weighted by molar-refractivity contribution is 7.91. The Morgan fingerprint density at radius 1 is 1.09 bits per heavy atom. The Balaban J connectivity index is 1.28. The number of aromatic nitrogens is 3. The summed E-state index contributed by atoms with van der Waals surface area (Å²) in [5.74, 6) is -2.31. The van der Waals surface area contributed by atoms with Crippen LogP contribution < -0.4 is 24.8 Å². The molecular formula is C46H60F3N7O9S. The summed E-state index contributed by atoms with van der Waals surface area (Å²) in [6.45, 7) is 10.4. The van der Waals surface area contributed by atoms with E-state index in [-0.39, 0.29) is 31.2 Å². The first-order chi connectivity index (χ1) is 30.9. The number of allylic oxidation sites excluding steroid dienone is 1. The lowest BCUT2D eigenvalue weighted by molar-refractivity contribution is -0.244. The zero-order chi connectivity index (χ0) is 48.1. The molecule has 2 aliphatic heterocycles. The molecule has 1 saturated heterocycles. The molecule has 1 aromatic carbocycles. The first kappa shape index (κ1) is 48.5. The van der Waals surface area contributed by atoms with Crippen LogP contribution in [0.4, 0.5) is 18.0 Å². The standard InChI is InChI=1S/C46H60F3N7O9S/c1-9-28-12-10-11-13-29-24-45(29,41(59)54-66(61,62)44(7)17-18-44)52-39(57)35-22-31(25-55(35)40(58)38(27(4)20-28)51-42(60)65-43(5,6)46(47,48)49)64-36-23-37(56-19-16-33(53-56)26(2)3)50-34-21-30(63-8)14-15-32(34)36/h11,13-16,19,21,23,26-29,31,35,38H,9-10,12,17-18,20,22,24-25H2,1-8H3,(H,51,60)(H,52,57)(H,54,59)/b13-11-/t27-,28-,29+,31-,35+,38+,45-/m1/s1. The lowest BCUT2D eigenvalue weighted by atomic mass is 9.85. The number of pyridine rings is 1. The Morgan fingerprint density at radius 3 is 2.45 bits per heavy atom. The maximum absolute atomic E-state index is 15.1. The highest BCUT2D eigenvalue weighted by Crippen LogP contribution is 2.48. The second-order valence-electron chi connectivity index (χ2n) is 19.4. The second-order valence-corrected chi connectivity index (χ2v) is 21.5. The van der Waals surface area contributed by atoms with Gasteiger partial charge >= 0.3 is 12.3 Å². The van der Waals surface area contributed by atoms with Crippen molar-refractivity contribution >= 4 is 44.7 Å². The lowest BCUT2D eigenvalue weighted by Gasteiger charge is -2.34. The summed E-state index contributed by atoms with van der Waals surface area (Å²) in [6, 6.07) is 5.95. The van der Waals surface area contributed by atoms with E-state index in [4.69, 9.17) is 24.3 Å². The first-order valence-corrected chi connectivity index (χ1v) is 24.0. The third kappa shape index (κ3) is 9.83. The van der Waals surface area contributed by atoms with Gasteiger partial charge in [-0.1, -0.05) is 46.3 Å². The van der Waals surface area contributed by atoms with Gasteiger partial charge in [0.15, 0.2) is 5.82 Å². The Hall–Kier alpha value is -5.40. The summed E-state index contributed by atoms with van der Waals surface area (Å²) in [4.78, 5) is 63.4. The molecule has 4 heterocycles.